The van der Waals surface area contributed by atoms with E-state index in [9.17, 15) is 4.79 Å². The average Bonchev–Trinajstić information content (AvgIpc) is 3.09. The Bertz CT molecular complexity index is 655. The van der Waals surface area contributed by atoms with Gasteiger partial charge in [-0.25, -0.2) is 0 Å². The van der Waals surface area contributed by atoms with E-state index in [4.69, 9.17) is 4.74 Å². The minimum absolute atomic E-state index is 0.144. The van der Waals surface area contributed by atoms with E-state index >= 15 is 0 Å². The molecule has 0 N–H and O–H groups in total. The first-order valence-corrected chi connectivity index (χ1v) is 9.88. The molecule has 5 heteroatoms. The van der Waals surface area contributed by atoms with Crippen molar-refractivity contribution in [2.24, 2.45) is 4.99 Å². The van der Waals surface area contributed by atoms with Crippen molar-refractivity contribution < 1.29 is 9.53 Å². The van der Waals surface area contributed by atoms with E-state index in [-0.39, 0.29) is 5.97 Å². The van der Waals surface area contributed by atoms with Gasteiger partial charge < -0.3 is 9.64 Å². The van der Waals surface area contributed by atoms with Crippen LogP contribution in [-0.4, -0.2) is 43.9 Å². The van der Waals surface area contributed by atoms with Gasteiger partial charge in [0.05, 0.1) is 18.7 Å². The molecule has 2 heterocycles. The Morgan fingerprint density at radius 2 is 2.33 bits per heavy atom. The van der Waals surface area contributed by atoms with Crippen molar-refractivity contribution in [3.05, 3.63) is 41.1 Å². The molecule has 0 fully saturated rings. The summed E-state index contributed by atoms with van der Waals surface area (Å²) in [4.78, 5) is 18.8. The molecule has 0 spiro atoms. The Morgan fingerprint density at radius 1 is 1.42 bits per heavy atom. The van der Waals surface area contributed by atoms with Gasteiger partial charge in [0.2, 0.25) is 0 Å². The highest BCUT2D eigenvalue weighted by Gasteiger charge is 2.19. The predicted molar refractivity (Wildman–Crippen MR) is 101 cm³/mol. The number of anilines is 1. The summed E-state index contributed by atoms with van der Waals surface area (Å²) in [5.74, 6) is 0.703. The lowest BCUT2D eigenvalue weighted by atomic mass is 9.98. The Morgan fingerprint density at radius 3 is 3.12 bits per heavy atom. The van der Waals surface area contributed by atoms with Gasteiger partial charge in [-0.05, 0) is 36.3 Å². The molecule has 0 saturated carbocycles. The zero-order valence-corrected chi connectivity index (χ0v) is 15.0. The van der Waals surface area contributed by atoms with Gasteiger partial charge in [0.1, 0.15) is 6.61 Å². The highest BCUT2D eigenvalue weighted by atomic mass is 32.2. The molecule has 0 saturated heterocycles. The predicted octanol–water partition coefficient (Wildman–Crippen LogP) is 3.25. The van der Waals surface area contributed by atoms with Crippen LogP contribution in [0.1, 0.15) is 24.0 Å². The molecular formula is C19H24N2O2S. The number of thioether (sulfide) groups is 1. The lowest BCUT2D eigenvalue weighted by Gasteiger charge is -2.31. The molecule has 2 aliphatic rings. The maximum absolute atomic E-state index is 11.9. The van der Waals surface area contributed by atoms with Gasteiger partial charge >= 0.3 is 5.97 Å². The number of allylic oxidation sites excluding steroid dienone is 1. The molecule has 0 amide bonds. The summed E-state index contributed by atoms with van der Waals surface area (Å²) in [6, 6.07) is 6.38. The van der Waals surface area contributed by atoms with Crippen LogP contribution in [0.2, 0.25) is 0 Å². The molecule has 0 atom stereocenters. The molecular weight excluding hydrogens is 320 g/mol. The zero-order valence-electron chi connectivity index (χ0n) is 14.2. The second kappa shape index (κ2) is 8.38. The highest BCUT2D eigenvalue weighted by Crippen LogP contribution is 2.29. The highest BCUT2D eigenvalue weighted by molar-refractivity contribution is 7.98. The number of aryl methyl sites for hydroxylation is 1. The second-order valence-electron chi connectivity index (χ2n) is 6.12. The van der Waals surface area contributed by atoms with Crippen molar-refractivity contribution in [2.45, 2.75) is 25.7 Å². The van der Waals surface area contributed by atoms with Crippen molar-refractivity contribution in [3.8, 4) is 0 Å². The van der Waals surface area contributed by atoms with E-state index in [2.05, 4.69) is 34.2 Å². The topological polar surface area (TPSA) is 41.9 Å². The van der Waals surface area contributed by atoms with Crippen LogP contribution >= 0.6 is 11.8 Å². The van der Waals surface area contributed by atoms with E-state index in [0.29, 0.717) is 13.0 Å². The first kappa shape index (κ1) is 17.1. The van der Waals surface area contributed by atoms with E-state index in [1.54, 1.807) is 11.8 Å². The monoisotopic (exact) mass is 344 g/mol. The van der Waals surface area contributed by atoms with Gasteiger partial charge in [-0.2, -0.15) is 11.8 Å². The minimum atomic E-state index is -0.144. The van der Waals surface area contributed by atoms with Gasteiger partial charge in [-0.3, -0.25) is 9.79 Å². The Balaban J connectivity index is 1.68. The number of nitrogens with zero attached hydrogens (tertiary/aromatic N) is 2. The fourth-order valence-electron chi connectivity index (χ4n) is 3.14. The van der Waals surface area contributed by atoms with Gasteiger partial charge in [-0.15, -0.1) is 0 Å². The summed E-state index contributed by atoms with van der Waals surface area (Å²) in [5, 5.41) is 0. The smallest absolute Gasteiger partial charge is 0.310 e. The first-order chi connectivity index (χ1) is 11.8. The number of ether oxygens (including phenoxy) is 1. The SMILES string of the molecule is CSCCOC(=O)Cc1ccc2c(c1)N(CC1=CCC=N1)CCC2. The molecule has 0 unspecified atom stereocenters. The molecule has 3 rings (SSSR count). The van der Waals surface area contributed by atoms with Gasteiger partial charge in [0.15, 0.2) is 0 Å². The summed E-state index contributed by atoms with van der Waals surface area (Å²) >= 11 is 1.68. The molecule has 0 aliphatic carbocycles. The van der Waals surface area contributed by atoms with E-state index in [0.717, 1.165) is 42.9 Å². The zero-order chi connectivity index (χ0) is 16.8. The largest absolute Gasteiger partial charge is 0.465 e. The van der Waals surface area contributed by atoms with E-state index in [1.807, 2.05) is 12.5 Å². The van der Waals surface area contributed by atoms with E-state index < -0.39 is 0 Å². The second-order valence-corrected chi connectivity index (χ2v) is 7.11. The van der Waals surface area contributed by atoms with Crippen LogP contribution in [-0.2, 0) is 22.4 Å². The number of hydrogen-bond acceptors (Lipinski definition) is 5. The number of rotatable bonds is 7. The third-order valence-corrected chi connectivity index (χ3v) is 4.91. The number of hydrogen-bond donors (Lipinski definition) is 0. The van der Waals surface area contributed by atoms with Crippen molar-refractivity contribution in [1.29, 1.82) is 0 Å². The standard InChI is InChI=1S/C19H24N2O2S/c1-24-11-10-23-19(22)13-15-6-7-16-4-3-9-21(18(16)12-15)14-17-5-2-8-20-17/h5-8,12H,2-4,9-11,13-14H2,1H3. The summed E-state index contributed by atoms with van der Waals surface area (Å²) in [6.45, 7) is 2.38. The Hall–Kier alpha value is -1.75. The van der Waals surface area contributed by atoms with Crippen LogP contribution in [0.5, 0.6) is 0 Å². The van der Waals surface area contributed by atoms with Gasteiger partial charge in [-0.1, -0.05) is 18.2 Å². The molecule has 1 aromatic rings. The summed E-state index contributed by atoms with van der Waals surface area (Å²) < 4.78 is 5.26. The lowest BCUT2D eigenvalue weighted by Crippen LogP contribution is -2.31. The van der Waals surface area contributed by atoms with Crippen LogP contribution in [0.25, 0.3) is 0 Å². The molecule has 0 bridgehead atoms. The van der Waals surface area contributed by atoms with Gasteiger partial charge in [0, 0.05) is 30.6 Å². The molecule has 0 aromatic heterocycles. The fraction of sp³-hybridized carbons (Fsp3) is 0.474. The molecule has 128 valence electrons. The fourth-order valence-corrected chi connectivity index (χ4v) is 3.39. The maximum atomic E-state index is 11.9. The van der Waals surface area contributed by atoms with Crippen LogP contribution in [0.3, 0.4) is 0 Å². The van der Waals surface area contributed by atoms with Crippen molar-refractivity contribution in [3.63, 3.8) is 0 Å². The summed E-state index contributed by atoms with van der Waals surface area (Å²) in [5.41, 5.74) is 4.78. The minimum Gasteiger partial charge on any atom is -0.465 e. The molecule has 0 radical (unpaired) electrons. The van der Waals surface area contributed by atoms with Crippen LogP contribution in [0, 0.1) is 0 Å². The summed E-state index contributed by atoms with van der Waals surface area (Å²) in [6.07, 6.45) is 9.71. The number of aliphatic imine (C=N–C) groups is 1. The quantitative estimate of drug-likeness (QED) is 0.562. The van der Waals surface area contributed by atoms with Crippen molar-refractivity contribution >= 4 is 29.6 Å². The average molecular weight is 344 g/mol. The number of esters is 1. The normalized spacial score (nSPS) is 16.0. The molecule has 4 nitrogen and oxygen atoms in total. The Labute approximate surface area is 148 Å². The van der Waals surface area contributed by atoms with Crippen molar-refractivity contribution in [1.82, 2.24) is 0 Å². The number of fused-ring (bicyclic) bond motifs is 1. The summed E-state index contributed by atoms with van der Waals surface area (Å²) in [7, 11) is 0. The lowest BCUT2D eigenvalue weighted by molar-refractivity contribution is -0.142. The van der Waals surface area contributed by atoms with Crippen LogP contribution in [0.4, 0.5) is 5.69 Å². The van der Waals surface area contributed by atoms with E-state index in [1.165, 1.54) is 17.7 Å². The third-order valence-electron chi connectivity index (χ3n) is 4.33. The van der Waals surface area contributed by atoms with Crippen LogP contribution in [0.15, 0.2) is 35.0 Å². The number of carbonyl (C=O) groups excluding carboxylic acids is 1. The molecule has 2 aliphatic heterocycles. The Kier molecular flexibility index (Phi) is 5.96. The van der Waals surface area contributed by atoms with Crippen molar-refractivity contribution in [2.75, 3.05) is 36.6 Å². The number of carbonyl (C=O) groups is 1. The van der Waals surface area contributed by atoms with Crippen LogP contribution < -0.4 is 4.90 Å². The molecule has 24 heavy (non-hydrogen) atoms. The first-order valence-electron chi connectivity index (χ1n) is 8.49. The third kappa shape index (κ3) is 4.41. The molecule has 1 aromatic carbocycles. The number of benzene rings is 1. The van der Waals surface area contributed by atoms with Gasteiger partial charge in [0.25, 0.3) is 0 Å². The maximum Gasteiger partial charge on any atom is 0.310 e.